The van der Waals surface area contributed by atoms with Crippen molar-refractivity contribution in [1.29, 1.82) is 0 Å². The summed E-state index contributed by atoms with van der Waals surface area (Å²) >= 11 is 1.59. The molecule has 102 valence electrons. The Balaban J connectivity index is 2.39. The highest BCUT2D eigenvalue weighted by molar-refractivity contribution is 7.10. The number of thiophene rings is 1. The Morgan fingerprint density at radius 3 is 2.72 bits per heavy atom. The van der Waals surface area contributed by atoms with Crippen LogP contribution >= 0.6 is 11.3 Å². The molecule has 0 radical (unpaired) electrons. The smallest absolute Gasteiger partial charge is 0.356 e. The number of nitrogens with zero attached hydrogens (tertiary/aromatic N) is 1. The summed E-state index contributed by atoms with van der Waals surface area (Å²) in [5.74, 6) is 0.375. The number of hydrogen-bond acceptors (Lipinski definition) is 2. The zero-order chi connectivity index (χ0) is 13.6. The molecule has 1 atom stereocenters. The van der Waals surface area contributed by atoms with Crippen molar-refractivity contribution < 1.29 is 13.2 Å². The highest BCUT2D eigenvalue weighted by Gasteiger charge is 2.26. The summed E-state index contributed by atoms with van der Waals surface area (Å²) < 4.78 is 36.0. The first-order chi connectivity index (χ1) is 8.42. The van der Waals surface area contributed by atoms with E-state index in [1.807, 2.05) is 24.4 Å². The maximum atomic E-state index is 12.0. The zero-order valence-electron chi connectivity index (χ0n) is 10.2. The Hall–Kier alpha value is -1.24. The standard InChI is InChI=1S/C11H16F3N3S/c1-8(9-4-3-7-18-9)17-10(15-2)16-6-5-11(12,13)14/h3-4,7-8H,5-6H2,1-2H3,(H2,15,16,17). The molecular formula is C11H16F3N3S. The maximum absolute atomic E-state index is 12.0. The molecule has 0 aromatic carbocycles. The van der Waals surface area contributed by atoms with Gasteiger partial charge in [0.2, 0.25) is 0 Å². The van der Waals surface area contributed by atoms with Crippen LogP contribution < -0.4 is 10.6 Å². The fraction of sp³-hybridized carbons (Fsp3) is 0.545. The lowest BCUT2D eigenvalue weighted by molar-refractivity contribution is -0.132. The molecular weight excluding hydrogens is 263 g/mol. The third kappa shape index (κ3) is 5.39. The van der Waals surface area contributed by atoms with Crippen molar-refractivity contribution in [3.05, 3.63) is 22.4 Å². The minimum absolute atomic E-state index is 0.0158. The summed E-state index contributed by atoms with van der Waals surface area (Å²) in [4.78, 5) is 4.99. The van der Waals surface area contributed by atoms with E-state index in [0.717, 1.165) is 4.88 Å². The first kappa shape index (κ1) is 14.8. The average Bonchev–Trinajstić information content (AvgIpc) is 2.79. The van der Waals surface area contributed by atoms with Crippen molar-refractivity contribution in [3.8, 4) is 0 Å². The molecule has 1 unspecified atom stereocenters. The van der Waals surface area contributed by atoms with Gasteiger partial charge in [0.1, 0.15) is 0 Å². The maximum Gasteiger partial charge on any atom is 0.390 e. The molecule has 18 heavy (non-hydrogen) atoms. The van der Waals surface area contributed by atoms with Crippen molar-refractivity contribution in [1.82, 2.24) is 10.6 Å². The molecule has 0 saturated carbocycles. The Morgan fingerprint density at radius 2 is 2.22 bits per heavy atom. The van der Waals surface area contributed by atoms with Crippen LogP contribution in [0.4, 0.5) is 13.2 Å². The molecule has 0 saturated heterocycles. The van der Waals surface area contributed by atoms with Crippen LogP contribution in [0.2, 0.25) is 0 Å². The van der Waals surface area contributed by atoms with E-state index in [0.29, 0.717) is 5.96 Å². The van der Waals surface area contributed by atoms with Crippen molar-refractivity contribution in [3.63, 3.8) is 0 Å². The molecule has 0 aliphatic heterocycles. The molecule has 2 N–H and O–H groups in total. The van der Waals surface area contributed by atoms with Crippen LogP contribution in [0.25, 0.3) is 0 Å². The fourth-order valence-electron chi connectivity index (χ4n) is 1.33. The monoisotopic (exact) mass is 279 g/mol. The van der Waals surface area contributed by atoms with E-state index < -0.39 is 12.6 Å². The van der Waals surface area contributed by atoms with Crippen molar-refractivity contribution in [2.24, 2.45) is 4.99 Å². The summed E-state index contributed by atoms with van der Waals surface area (Å²) in [5.41, 5.74) is 0. The predicted molar refractivity (Wildman–Crippen MR) is 67.9 cm³/mol. The molecule has 0 spiro atoms. The second-order valence-corrected chi connectivity index (χ2v) is 4.72. The number of alkyl halides is 3. The average molecular weight is 279 g/mol. The third-order valence-electron chi connectivity index (χ3n) is 2.25. The zero-order valence-corrected chi connectivity index (χ0v) is 11.0. The van der Waals surface area contributed by atoms with E-state index in [4.69, 9.17) is 0 Å². The normalized spacial score (nSPS) is 14.4. The van der Waals surface area contributed by atoms with Gasteiger partial charge in [-0.25, -0.2) is 0 Å². The van der Waals surface area contributed by atoms with Gasteiger partial charge >= 0.3 is 6.18 Å². The van der Waals surface area contributed by atoms with Gasteiger partial charge in [-0.3, -0.25) is 4.99 Å². The summed E-state index contributed by atoms with van der Waals surface area (Å²) in [6.45, 7) is 1.75. The van der Waals surface area contributed by atoms with Crippen LogP contribution in [0.5, 0.6) is 0 Å². The SMILES string of the molecule is CN=C(NCCC(F)(F)F)NC(C)c1cccs1. The van der Waals surface area contributed by atoms with E-state index in [1.165, 1.54) is 7.05 Å². The van der Waals surface area contributed by atoms with Gasteiger partial charge in [0, 0.05) is 18.5 Å². The molecule has 1 aromatic rings. The summed E-state index contributed by atoms with van der Waals surface area (Å²) in [6, 6.07) is 3.91. The Kier molecular flexibility index (Phi) is 5.46. The molecule has 0 amide bonds. The third-order valence-corrected chi connectivity index (χ3v) is 3.30. The van der Waals surface area contributed by atoms with Crippen molar-refractivity contribution in [2.75, 3.05) is 13.6 Å². The van der Waals surface area contributed by atoms with Gasteiger partial charge < -0.3 is 10.6 Å². The fourth-order valence-corrected chi connectivity index (χ4v) is 2.07. The summed E-state index contributed by atoms with van der Waals surface area (Å²) in [7, 11) is 1.53. The Morgan fingerprint density at radius 1 is 1.50 bits per heavy atom. The van der Waals surface area contributed by atoms with Gasteiger partial charge in [0.25, 0.3) is 0 Å². The van der Waals surface area contributed by atoms with E-state index in [-0.39, 0.29) is 12.6 Å². The number of halogens is 3. The minimum atomic E-state index is -4.15. The highest BCUT2D eigenvalue weighted by atomic mass is 32.1. The van der Waals surface area contributed by atoms with Crippen LogP contribution in [0.3, 0.4) is 0 Å². The van der Waals surface area contributed by atoms with Crippen LogP contribution in [0.1, 0.15) is 24.3 Å². The number of aliphatic imine (C=N–C) groups is 1. The van der Waals surface area contributed by atoms with Crippen LogP contribution in [-0.4, -0.2) is 25.7 Å². The molecule has 0 aliphatic carbocycles. The van der Waals surface area contributed by atoms with Crippen molar-refractivity contribution >= 4 is 17.3 Å². The summed E-state index contributed by atoms with van der Waals surface area (Å²) in [6.07, 6.45) is -5.02. The van der Waals surface area contributed by atoms with Gasteiger partial charge in [0.15, 0.2) is 5.96 Å². The molecule has 7 heteroatoms. The quantitative estimate of drug-likeness (QED) is 0.657. The van der Waals surface area contributed by atoms with E-state index in [2.05, 4.69) is 15.6 Å². The molecule has 0 fully saturated rings. The Bertz CT molecular complexity index is 373. The largest absolute Gasteiger partial charge is 0.390 e. The highest BCUT2D eigenvalue weighted by Crippen LogP contribution is 2.19. The molecule has 0 bridgehead atoms. The van der Waals surface area contributed by atoms with Gasteiger partial charge in [-0.15, -0.1) is 11.3 Å². The van der Waals surface area contributed by atoms with Crippen LogP contribution in [0, 0.1) is 0 Å². The van der Waals surface area contributed by atoms with Gasteiger partial charge in [0.05, 0.1) is 12.5 Å². The van der Waals surface area contributed by atoms with Crippen LogP contribution in [0.15, 0.2) is 22.5 Å². The predicted octanol–water partition coefficient (Wildman–Crippen LogP) is 2.93. The molecule has 0 aliphatic rings. The lowest BCUT2D eigenvalue weighted by Crippen LogP contribution is -2.39. The van der Waals surface area contributed by atoms with Crippen LogP contribution in [-0.2, 0) is 0 Å². The van der Waals surface area contributed by atoms with Crippen molar-refractivity contribution in [2.45, 2.75) is 25.6 Å². The second-order valence-electron chi connectivity index (χ2n) is 3.75. The van der Waals surface area contributed by atoms with Gasteiger partial charge in [-0.2, -0.15) is 13.2 Å². The first-order valence-electron chi connectivity index (χ1n) is 5.49. The Labute approximate surface area is 108 Å². The number of rotatable bonds is 4. The first-order valence-corrected chi connectivity index (χ1v) is 6.37. The number of guanidine groups is 1. The van der Waals surface area contributed by atoms with E-state index in [1.54, 1.807) is 11.3 Å². The summed E-state index contributed by atoms with van der Waals surface area (Å²) in [5, 5.41) is 7.63. The minimum Gasteiger partial charge on any atom is -0.356 e. The lowest BCUT2D eigenvalue weighted by Gasteiger charge is -2.17. The molecule has 1 aromatic heterocycles. The lowest BCUT2D eigenvalue weighted by atomic mass is 10.3. The van der Waals surface area contributed by atoms with Gasteiger partial charge in [-0.05, 0) is 18.4 Å². The van der Waals surface area contributed by atoms with E-state index in [9.17, 15) is 13.2 Å². The molecule has 3 nitrogen and oxygen atoms in total. The molecule has 1 heterocycles. The topological polar surface area (TPSA) is 36.4 Å². The van der Waals surface area contributed by atoms with E-state index >= 15 is 0 Å². The molecule has 1 rings (SSSR count). The van der Waals surface area contributed by atoms with Gasteiger partial charge in [-0.1, -0.05) is 6.07 Å². The second kappa shape index (κ2) is 6.63. The number of nitrogens with one attached hydrogen (secondary N) is 2. The number of hydrogen-bond donors (Lipinski definition) is 2.